The molecule has 3 atom stereocenters. The van der Waals surface area contributed by atoms with Crippen LogP contribution in [0.5, 0.6) is 0 Å². The second kappa shape index (κ2) is 6.50. The minimum absolute atomic E-state index is 0.0283. The molecule has 0 bridgehead atoms. The van der Waals surface area contributed by atoms with Crippen molar-refractivity contribution < 1.29 is 14.3 Å². The Morgan fingerprint density at radius 3 is 2.65 bits per heavy atom. The lowest BCUT2D eigenvalue weighted by Crippen LogP contribution is -2.51. The molecular formula is C19H20FNO2. The van der Waals surface area contributed by atoms with E-state index in [1.807, 2.05) is 30.3 Å². The van der Waals surface area contributed by atoms with Crippen LogP contribution in [0.1, 0.15) is 36.6 Å². The van der Waals surface area contributed by atoms with Gasteiger partial charge in [-0.15, -0.1) is 0 Å². The highest BCUT2D eigenvalue weighted by atomic mass is 19.1. The van der Waals surface area contributed by atoms with E-state index in [2.05, 4.69) is 6.92 Å². The van der Waals surface area contributed by atoms with Crippen LogP contribution in [-0.4, -0.2) is 22.5 Å². The van der Waals surface area contributed by atoms with Crippen LogP contribution >= 0.6 is 0 Å². The summed E-state index contributed by atoms with van der Waals surface area (Å²) in [5.74, 6) is -0.116. The fourth-order valence-electron chi connectivity index (χ4n) is 3.22. The third-order valence-electron chi connectivity index (χ3n) is 4.42. The van der Waals surface area contributed by atoms with E-state index in [1.165, 1.54) is 18.2 Å². The summed E-state index contributed by atoms with van der Waals surface area (Å²) in [7, 11) is 0. The van der Waals surface area contributed by atoms with Crippen LogP contribution in [0.3, 0.4) is 0 Å². The van der Waals surface area contributed by atoms with Crippen LogP contribution in [-0.2, 0) is 4.79 Å². The topological polar surface area (TPSA) is 40.5 Å². The molecule has 3 unspecified atom stereocenters. The Morgan fingerprint density at radius 2 is 2.00 bits per heavy atom. The second-order valence-electron chi connectivity index (χ2n) is 6.15. The Balaban J connectivity index is 1.69. The lowest BCUT2D eigenvalue weighted by molar-refractivity contribution is -0.145. The zero-order valence-electron chi connectivity index (χ0n) is 13.0. The summed E-state index contributed by atoms with van der Waals surface area (Å²) < 4.78 is 13.2. The normalized spacial score (nSPS) is 21.6. The molecule has 1 saturated heterocycles. The van der Waals surface area contributed by atoms with E-state index in [4.69, 9.17) is 0 Å². The molecule has 120 valence electrons. The lowest BCUT2D eigenvalue weighted by Gasteiger charge is -2.47. The monoisotopic (exact) mass is 313 g/mol. The van der Waals surface area contributed by atoms with Crippen molar-refractivity contribution in [2.24, 2.45) is 5.92 Å². The van der Waals surface area contributed by atoms with Gasteiger partial charge in [-0.25, -0.2) is 4.39 Å². The average Bonchev–Trinajstić information content (AvgIpc) is 2.53. The molecule has 0 aromatic heterocycles. The summed E-state index contributed by atoms with van der Waals surface area (Å²) in [6.45, 7) is 2.80. The van der Waals surface area contributed by atoms with Gasteiger partial charge < -0.3 is 10.0 Å². The summed E-state index contributed by atoms with van der Waals surface area (Å²) in [5, 5.41) is 10.2. The number of benzene rings is 2. The molecule has 2 aromatic carbocycles. The van der Waals surface area contributed by atoms with Crippen molar-refractivity contribution in [1.29, 1.82) is 0 Å². The minimum Gasteiger partial charge on any atom is -0.388 e. The Hall–Kier alpha value is -2.20. The molecule has 1 heterocycles. The number of aliphatic hydroxyl groups is 1. The third kappa shape index (κ3) is 3.27. The zero-order chi connectivity index (χ0) is 16.4. The maximum Gasteiger partial charge on any atom is 0.226 e. The maximum atomic E-state index is 13.2. The molecule has 1 amide bonds. The first kappa shape index (κ1) is 15.7. The predicted molar refractivity (Wildman–Crippen MR) is 86.0 cm³/mol. The van der Waals surface area contributed by atoms with Crippen LogP contribution in [0.15, 0.2) is 54.6 Å². The van der Waals surface area contributed by atoms with E-state index in [0.717, 1.165) is 5.56 Å². The zero-order valence-corrected chi connectivity index (χ0v) is 13.0. The van der Waals surface area contributed by atoms with E-state index < -0.39 is 11.9 Å². The fourth-order valence-corrected chi connectivity index (χ4v) is 3.22. The van der Waals surface area contributed by atoms with E-state index in [0.29, 0.717) is 18.0 Å². The number of aliphatic hydroxyl groups excluding tert-OH is 1. The van der Waals surface area contributed by atoms with Gasteiger partial charge in [0.05, 0.1) is 18.6 Å². The molecule has 1 aliphatic heterocycles. The molecule has 0 aliphatic carbocycles. The van der Waals surface area contributed by atoms with Gasteiger partial charge in [0.15, 0.2) is 0 Å². The largest absolute Gasteiger partial charge is 0.388 e. The van der Waals surface area contributed by atoms with E-state index in [9.17, 15) is 14.3 Å². The number of carbonyl (C=O) groups is 1. The number of likely N-dealkylation sites (tertiary alicyclic amines) is 1. The summed E-state index contributed by atoms with van der Waals surface area (Å²) in [5.41, 5.74) is 1.54. The smallest absolute Gasteiger partial charge is 0.226 e. The number of rotatable bonds is 4. The average molecular weight is 313 g/mol. The van der Waals surface area contributed by atoms with Gasteiger partial charge in [-0.1, -0.05) is 49.4 Å². The standard InChI is InChI=1S/C19H20FNO2/c1-13-12-21(19(13)14-6-3-2-4-7-14)18(23)11-17(22)15-8-5-9-16(20)10-15/h2-10,13,17,19,22H,11-12H2,1H3. The molecule has 1 N–H and O–H groups in total. The number of hydrogen-bond donors (Lipinski definition) is 1. The van der Waals surface area contributed by atoms with E-state index in [-0.39, 0.29) is 18.4 Å². The van der Waals surface area contributed by atoms with E-state index in [1.54, 1.807) is 11.0 Å². The van der Waals surface area contributed by atoms with Crippen LogP contribution < -0.4 is 0 Å². The SMILES string of the molecule is CC1CN(C(=O)CC(O)c2cccc(F)c2)C1c1ccccc1. The Bertz CT molecular complexity index is 689. The van der Waals surface area contributed by atoms with Crippen LogP contribution in [0, 0.1) is 11.7 Å². The second-order valence-corrected chi connectivity index (χ2v) is 6.15. The summed E-state index contributed by atoms with van der Waals surface area (Å²) in [6.07, 6.45) is -1.01. The molecule has 2 aromatic rings. The maximum absolute atomic E-state index is 13.2. The summed E-state index contributed by atoms with van der Waals surface area (Å²) in [4.78, 5) is 14.3. The molecular weight excluding hydrogens is 293 g/mol. The number of carbonyl (C=O) groups excluding carboxylic acids is 1. The highest BCUT2D eigenvalue weighted by Gasteiger charge is 2.40. The highest BCUT2D eigenvalue weighted by molar-refractivity contribution is 5.78. The molecule has 23 heavy (non-hydrogen) atoms. The number of nitrogens with zero attached hydrogens (tertiary/aromatic N) is 1. The minimum atomic E-state index is -0.981. The Kier molecular flexibility index (Phi) is 4.44. The number of halogens is 1. The van der Waals surface area contributed by atoms with Crippen molar-refractivity contribution in [3.05, 3.63) is 71.5 Å². The van der Waals surface area contributed by atoms with Crippen molar-refractivity contribution in [3.8, 4) is 0 Å². The number of amides is 1. The number of hydrogen-bond acceptors (Lipinski definition) is 2. The summed E-state index contributed by atoms with van der Waals surface area (Å²) in [6, 6.07) is 15.7. The van der Waals surface area contributed by atoms with Gasteiger partial charge in [0.25, 0.3) is 0 Å². The molecule has 1 aliphatic rings. The third-order valence-corrected chi connectivity index (χ3v) is 4.42. The van der Waals surface area contributed by atoms with Crippen molar-refractivity contribution in [2.75, 3.05) is 6.54 Å². The molecule has 0 saturated carbocycles. The van der Waals surface area contributed by atoms with Crippen LogP contribution in [0.25, 0.3) is 0 Å². The van der Waals surface area contributed by atoms with Gasteiger partial charge in [0.1, 0.15) is 5.82 Å². The van der Waals surface area contributed by atoms with Gasteiger partial charge in [0.2, 0.25) is 5.91 Å². The first-order chi connectivity index (χ1) is 11.1. The van der Waals surface area contributed by atoms with Crippen molar-refractivity contribution in [2.45, 2.75) is 25.5 Å². The van der Waals surface area contributed by atoms with Gasteiger partial charge in [-0.3, -0.25) is 4.79 Å². The molecule has 1 fully saturated rings. The first-order valence-corrected chi connectivity index (χ1v) is 7.84. The molecule has 3 nitrogen and oxygen atoms in total. The van der Waals surface area contributed by atoms with Gasteiger partial charge >= 0.3 is 0 Å². The Morgan fingerprint density at radius 1 is 1.26 bits per heavy atom. The Labute approximate surface area is 135 Å². The fraction of sp³-hybridized carbons (Fsp3) is 0.316. The molecule has 3 rings (SSSR count). The van der Waals surface area contributed by atoms with Crippen molar-refractivity contribution >= 4 is 5.91 Å². The molecule has 4 heteroatoms. The predicted octanol–water partition coefficient (Wildman–Crippen LogP) is 3.47. The highest BCUT2D eigenvalue weighted by Crippen LogP contribution is 2.39. The quantitative estimate of drug-likeness (QED) is 0.939. The lowest BCUT2D eigenvalue weighted by atomic mass is 9.84. The van der Waals surface area contributed by atoms with Crippen molar-refractivity contribution in [1.82, 2.24) is 4.90 Å². The molecule has 0 radical (unpaired) electrons. The first-order valence-electron chi connectivity index (χ1n) is 7.84. The summed E-state index contributed by atoms with van der Waals surface area (Å²) >= 11 is 0. The van der Waals surface area contributed by atoms with Gasteiger partial charge in [-0.05, 0) is 29.2 Å². The van der Waals surface area contributed by atoms with Crippen molar-refractivity contribution in [3.63, 3.8) is 0 Å². The van der Waals surface area contributed by atoms with E-state index >= 15 is 0 Å². The van der Waals surface area contributed by atoms with Gasteiger partial charge in [-0.2, -0.15) is 0 Å². The van der Waals surface area contributed by atoms with Gasteiger partial charge in [0, 0.05) is 6.54 Å². The van der Waals surface area contributed by atoms with Crippen LogP contribution in [0.2, 0.25) is 0 Å². The van der Waals surface area contributed by atoms with Crippen LogP contribution in [0.4, 0.5) is 4.39 Å². The molecule has 0 spiro atoms.